The Morgan fingerprint density at radius 3 is 2.44 bits per heavy atom. The van der Waals surface area contributed by atoms with Crippen LogP contribution < -0.4 is 25.2 Å². The number of methoxy groups -OCH3 is 1. The summed E-state index contributed by atoms with van der Waals surface area (Å²) in [7, 11) is -2.41. The van der Waals surface area contributed by atoms with Crippen molar-refractivity contribution in [1.82, 2.24) is 24.9 Å². The fourth-order valence-electron chi connectivity index (χ4n) is 7.64. The predicted octanol–water partition coefficient (Wildman–Crippen LogP) is 5.31. The topological polar surface area (TPSA) is 209 Å². The number of aromatic nitrogens is 2. The van der Waals surface area contributed by atoms with Crippen molar-refractivity contribution in [1.29, 1.82) is 0 Å². The van der Waals surface area contributed by atoms with Gasteiger partial charge in [0.2, 0.25) is 33.6 Å². The predicted molar refractivity (Wildman–Crippen MR) is 204 cm³/mol. The quantitative estimate of drug-likeness (QED) is 0.126. The number of alkyl carbamates (subject to hydrolysis) is 1. The van der Waals surface area contributed by atoms with Crippen molar-refractivity contribution in [3.63, 3.8) is 0 Å². The molecule has 20 heteroatoms. The first-order chi connectivity index (χ1) is 27.5. The van der Waals surface area contributed by atoms with Gasteiger partial charge in [-0.05, 0) is 78.2 Å². The minimum atomic E-state index is -5.08. The Morgan fingerprint density at radius 2 is 1.81 bits per heavy atom. The van der Waals surface area contributed by atoms with Crippen LogP contribution in [0.1, 0.15) is 109 Å². The molecule has 324 valence electrons. The Balaban J connectivity index is 1.13. The molecule has 0 bridgehead atoms. The zero-order valence-electron chi connectivity index (χ0n) is 33.5. The van der Waals surface area contributed by atoms with Gasteiger partial charge in [-0.15, -0.1) is 0 Å². The van der Waals surface area contributed by atoms with Crippen molar-refractivity contribution in [2.45, 2.75) is 132 Å². The van der Waals surface area contributed by atoms with Gasteiger partial charge < -0.3 is 30.2 Å². The Hall–Kier alpha value is -4.75. The number of nitrogens with one attached hydrogen (secondary N) is 2. The molecule has 2 aromatic heterocycles. The molecule has 2 aliphatic heterocycles. The number of amides is 4. The lowest BCUT2D eigenvalue weighted by atomic mass is 9.86. The van der Waals surface area contributed by atoms with Gasteiger partial charge in [0.25, 0.3) is 0 Å². The molecule has 2 saturated carbocycles. The van der Waals surface area contributed by atoms with Crippen LogP contribution in [0.4, 0.5) is 22.4 Å². The Labute approximate surface area is 339 Å². The van der Waals surface area contributed by atoms with Crippen LogP contribution in [0.15, 0.2) is 24.3 Å². The number of alkyl halides is 4. The van der Waals surface area contributed by atoms with E-state index in [9.17, 15) is 40.8 Å². The summed E-state index contributed by atoms with van der Waals surface area (Å²) in [4.78, 5) is 61.4. The molecule has 4 heterocycles. The highest BCUT2D eigenvalue weighted by Crippen LogP contribution is 2.53. The second kappa shape index (κ2) is 16.0. The van der Waals surface area contributed by atoms with E-state index in [0.717, 1.165) is 4.90 Å². The van der Waals surface area contributed by atoms with Crippen LogP contribution in [0, 0.1) is 11.8 Å². The molecule has 4 aliphatic rings. The van der Waals surface area contributed by atoms with Gasteiger partial charge in [-0.3, -0.25) is 19.1 Å². The van der Waals surface area contributed by atoms with E-state index in [4.69, 9.17) is 19.9 Å². The summed E-state index contributed by atoms with van der Waals surface area (Å²) in [5, 5.41) is 2.56. The minimum absolute atomic E-state index is 0.00688. The maximum absolute atomic E-state index is 16.4. The summed E-state index contributed by atoms with van der Waals surface area (Å²) < 4.78 is 102. The molecule has 2 aromatic rings. The number of fused-ring (bicyclic) bond motifs is 3. The number of likely N-dealkylation sites (tertiary alicyclic amines) is 1. The average molecular weight is 855 g/mol. The molecule has 1 spiro atoms. The molecule has 1 unspecified atom stereocenters. The number of hydrogen-bond acceptors (Lipinski definition) is 11. The van der Waals surface area contributed by atoms with Crippen LogP contribution in [0.5, 0.6) is 11.6 Å². The first-order valence-corrected chi connectivity index (χ1v) is 21.1. The van der Waals surface area contributed by atoms with E-state index in [0.29, 0.717) is 44.9 Å². The molecule has 0 aromatic carbocycles. The number of hydrogen-bond donors (Lipinski definition) is 3. The van der Waals surface area contributed by atoms with E-state index < -0.39 is 117 Å². The summed E-state index contributed by atoms with van der Waals surface area (Å²) >= 11 is 0. The average Bonchev–Trinajstić information content (AvgIpc) is 4.05. The second-order valence-electron chi connectivity index (χ2n) is 17.2. The number of ether oxygens (including phenoxy) is 3. The summed E-state index contributed by atoms with van der Waals surface area (Å²) in [6.07, 6.45) is -1.34. The van der Waals surface area contributed by atoms with Crippen molar-refractivity contribution in [3.05, 3.63) is 35.5 Å². The Kier molecular flexibility index (Phi) is 11.9. The molecule has 15 nitrogen and oxygen atoms in total. The lowest BCUT2D eigenvalue weighted by molar-refractivity contribution is -0.145. The maximum atomic E-state index is 16.4. The van der Waals surface area contributed by atoms with Crippen LogP contribution >= 0.6 is 0 Å². The van der Waals surface area contributed by atoms with Gasteiger partial charge in [0.05, 0.1) is 29.5 Å². The zero-order valence-corrected chi connectivity index (χ0v) is 34.3. The van der Waals surface area contributed by atoms with Crippen molar-refractivity contribution < 1.29 is 59.4 Å². The lowest BCUT2D eigenvalue weighted by Crippen LogP contribution is -2.54. The van der Waals surface area contributed by atoms with Gasteiger partial charge in [0, 0.05) is 24.8 Å². The summed E-state index contributed by atoms with van der Waals surface area (Å²) in [6.45, 7) is 5.97. The highest BCUT2D eigenvalue weighted by Gasteiger charge is 2.57. The van der Waals surface area contributed by atoms with Crippen molar-refractivity contribution >= 4 is 44.9 Å². The highest BCUT2D eigenvalue weighted by molar-refractivity contribution is 7.91. The number of nitrogens with zero attached hydrogens (tertiary/aromatic N) is 3. The summed E-state index contributed by atoms with van der Waals surface area (Å²) in [5.41, 5.74) is 0.558. The molecule has 4 N–H and O–H groups in total. The van der Waals surface area contributed by atoms with Gasteiger partial charge in [-0.2, -0.15) is 13.2 Å². The number of allylic oxidation sites excluding steroid dienone is 2. The van der Waals surface area contributed by atoms with E-state index in [2.05, 4.69) is 20.0 Å². The standard InChI is InChI=1S/C39H50F4N6O9S/c1-36(2,3)58-35(53)46-25(12-10-8-6-7-9-11-21-17-22(21)33(51)48-59(54,55)37(4)15-16-37)34(52)49-20-38(19-26(49)32(44)50)18-23(40)28-29-24(13-14-27(47-29)56-5)45-31(30(28)57-38)39(41,42)43/h9,11,13-14,21-23,25-26H,6-8,10,12,15-20H2,1-5H3,(H2,44,50)(H,46,53)(H,48,51)/b11-9-/t21-,22+,23?,25+,26+,38-/m1/s1. The maximum Gasteiger partial charge on any atom is 0.437 e. The van der Waals surface area contributed by atoms with E-state index >= 15 is 4.39 Å². The summed E-state index contributed by atoms with van der Waals surface area (Å²) in [6, 6.07) is -0.169. The monoisotopic (exact) mass is 854 g/mol. The number of unbranched alkanes of at least 4 members (excludes halogenated alkanes) is 3. The molecule has 0 radical (unpaired) electrons. The van der Waals surface area contributed by atoms with Crippen LogP contribution in [-0.2, 0) is 35.3 Å². The number of rotatable bonds is 14. The number of carbonyl (C=O) groups is 4. The van der Waals surface area contributed by atoms with Crippen molar-refractivity contribution in [2.24, 2.45) is 17.6 Å². The third-order valence-corrected chi connectivity index (χ3v) is 13.4. The minimum Gasteiger partial charge on any atom is -0.482 e. The first kappa shape index (κ1) is 43.8. The van der Waals surface area contributed by atoms with Gasteiger partial charge in [-0.25, -0.2) is 27.6 Å². The highest BCUT2D eigenvalue weighted by atomic mass is 32.2. The zero-order chi connectivity index (χ0) is 43.3. The normalized spacial score (nSPS) is 25.3. The van der Waals surface area contributed by atoms with Gasteiger partial charge in [-0.1, -0.05) is 25.0 Å². The van der Waals surface area contributed by atoms with E-state index in [1.165, 1.54) is 19.2 Å². The third kappa shape index (κ3) is 9.67. The Bertz CT molecular complexity index is 2140. The van der Waals surface area contributed by atoms with Crippen molar-refractivity contribution in [3.8, 4) is 11.6 Å². The van der Waals surface area contributed by atoms with E-state index in [-0.39, 0.29) is 29.3 Å². The fourth-order valence-corrected chi connectivity index (χ4v) is 8.94. The van der Waals surface area contributed by atoms with Crippen molar-refractivity contribution in [2.75, 3.05) is 13.7 Å². The first-order valence-electron chi connectivity index (χ1n) is 19.6. The van der Waals surface area contributed by atoms with Gasteiger partial charge in [0.1, 0.15) is 35.0 Å². The molecular weight excluding hydrogens is 805 g/mol. The largest absolute Gasteiger partial charge is 0.482 e. The number of primary amides is 1. The second-order valence-corrected chi connectivity index (χ2v) is 19.4. The molecule has 3 fully saturated rings. The van der Waals surface area contributed by atoms with Crippen LogP contribution in [0.3, 0.4) is 0 Å². The molecule has 2 aliphatic carbocycles. The molecular formula is C39H50F4N6O9S. The molecule has 1 saturated heterocycles. The lowest BCUT2D eigenvalue weighted by Gasteiger charge is -2.38. The van der Waals surface area contributed by atoms with E-state index in [1.807, 2.05) is 12.2 Å². The number of nitrogens with two attached hydrogens (primary N) is 1. The molecule has 6 atom stereocenters. The molecule has 6 rings (SSSR count). The van der Waals surface area contributed by atoms with E-state index in [1.54, 1.807) is 27.7 Å². The van der Waals surface area contributed by atoms with Crippen LogP contribution in [-0.4, -0.2) is 88.8 Å². The van der Waals surface area contributed by atoms with Crippen LogP contribution in [0.2, 0.25) is 0 Å². The SMILES string of the molecule is COc1ccc2nc(C(F)(F)F)c3c(c2n1)C(F)C[C@]1(C[C@@H](C(N)=O)N(C(=O)[C@H](CCCCC/C=C\[C@@H]2C[C@@H]2C(=O)NS(=O)(=O)C2(C)CC2)NC(=O)OC(C)(C)C)C1)O3. The van der Waals surface area contributed by atoms with Gasteiger partial charge in [0.15, 0.2) is 11.4 Å². The number of pyridine rings is 2. The third-order valence-electron chi connectivity index (χ3n) is 11.2. The van der Waals surface area contributed by atoms with Gasteiger partial charge >= 0.3 is 12.3 Å². The summed E-state index contributed by atoms with van der Waals surface area (Å²) in [5.74, 6) is -3.65. The molecule has 59 heavy (non-hydrogen) atoms. The number of halogens is 4. The number of sulfonamides is 1. The van der Waals surface area contributed by atoms with Crippen LogP contribution in [0.25, 0.3) is 11.0 Å². The fraction of sp³-hybridized carbons (Fsp3) is 0.641. The molecule has 4 amide bonds. The smallest absolute Gasteiger partial charge is 0.437 e. The Morgan fingerprint density at radius 1 is 1.10 bits per heavy atom. The number of carbonyl (C=O) groups excluding carboxylic acids is 4.